The van der Waals surface area contributed by atoms with Crippen LogP contribution in [0.2, 0.25) is 0 Å². The molecule has 1 unspecified atom stereocenters. The minimum absolute atomic E-state index is 0.204. The summed E-state index contributed by atoms with van der Waals surface area (Å²) >= 11 is 8.23. The fraction of sp³-hybridized carbons (Fsp3) is 0.400. The number of phosphoric acid groups is 1. The van der Waals surface area contributed by atoms with Crippen molar-refractivity contribution in [1.29, 1.82) is 0 Å². The number of halogens is 2. The molecule has 0 aliphatic rings. The molecule has 0 fully saturated rings. The van der Waals surface area contributed by atoms with Gasteiger partial charge in [0.15, 0.2) is 0 Å². The molecular weight excluding hydrogens is 330 g/mol. The van der Waals surface area contributed by atoms with E-state index < -0.39 is 7.82 Å². The summed E-state index contributed by atoms with van der Waals surface area (Å²) in [4.78, 5) is 0. The second-order valence-corrected chi connectivity index (χ2v) is 5.86. The van der Waals surface area contributed by atoms with Gasteiger partial charge in [-0.15, -0.1) is 0 Å². The highest BCUT2D eigenvalue weighted by molar-refractivity contribution is 9.09. The van der Waals surface area contributed by atoms with Gasteiger partial charge in [-0.3, -0.25) is 9.05 Å². The maximum absolute atomic E-state index is 11.7. The van der Waals surface area contributed by atoms with Crippen LogP contribution in [0.3, 0.4) is 0 Å². The molecule has 1 aromatic carbocycles. The van der Waals surface area contributed by atoms with Crippen LogP contribution < -0.4 is 0 Å². The molecule has 0 bridgehead atoms. The van der Waals surface area contributed by atoms with E-state index in [9.17, 15) is 4.57 Å². The third-order valence-electron chi connectivity index (χ3n) is 1.89. The molecule has 0 N–H and O–H groups in total. The summed E-state index contributed by atoms with van der Waals surface area (Å²) in [6, 6.07) is 9.68. The van der Waals surface area contributed by atoms with Crippen molar-refractivity contribution in [2.24, 2.45) is 0 Å². The molecule has 0 heterocycles. The highest BCUT2D eigenvalue weighted by atomic mass is 79.9. The molecule has 7 heteroatoms. The molecule has 96 valence electrons. The van der Waals surface area contributed by atoms with Gasteiger partial charge in [0.2, 0.25) is 0 Å². The molecule has 0 spiro atoms. The molecule has 0 saturated carbocycles. The lowest BCUT2D eigenvalue weighted by Gasteiger charge is -2.13. The zero-order chi connectivity index (χ0) is 12.6. The number of benzene rings is 1. The molecular formula is C10H13BrClO4P. The van der Waals surface area contributed by atoms with Gasteiger partial charge in [0.1, 0.15) is 0 Å². The van der Waals surface area contributed by atoms with Gasteiger partial charge in [-0.05, 0) is 12.0 Å². The lowest BCUT2D eigenvalue weighted by atomic mass is 10.2. The Labute approximate surface area is 114 Å². The van der Waals surface area contributed by atoms with E-state index in [-0.39, 0.29) is 13.2 Å². The van der Waals surface area contributed by atoms with Crippen molar-refractivity contribution in [2.75, 3.05) is 18.5 Å². The fourth-order valence-electron chi connectivity index (χ4n) is 1.14. The third kappa shape index (κ3) is 6.00. The minimum atomic E-state index is -3.62. The zero-order valence-corrected chi connectivity index (χ0v) is 12.3. The number of phosphoric ester groups is 1. The molecule has 1 atom stereocenters. The largest absolute Gasteiger partial charge is 0.491 e. The van der Waals surface area contributed by atoms with Crippen molar-refractivity contribution >= 4 is 35.6 Å². The second kappa shape index (κ2) is 8.25. The average Bonchev–Trinajstić information content (AvgIpc) is 2.38. The first-order valence-corrected chi connectivity index (χ1v) is 7.88. The maximum Gasteiger partial charge on any atom is 0.491 e. The van der Waals surface area contributed by atoms with Crippen LogP contribution in [-0.4, -0.2) is 18.5 Å². The van der Waals surface area contributed by atoms with Crippen molar-refractivity contribution in [3.05, 3.63) is 35.9 Å². The molecule has 1 aromatic rings. The Bertz CT molecular complexity index is 363. The third-order valence-corrected chi connectivity index (χ3v) is 3.89. The van der Waals surface area contributed by atoms with E-state index in [1.165, 1.54) is 0 Å². The Kier molecular flexibility index (Phi) is 7.35. The topological polar surface area (TPSA) is 44.8 Å². The number of rotatable bonds is 8. The van der Waals surface area contributed by atoms with Gasteiger partial charge in [0.25, 0.3) is 0 Å². The van der Waals surface area contributed by atoms with Gasteiger partial charge in [-0.2, -0.15) is 4.08 Å². The van der Waals surface area contributed by atoms with Gasteiger partial charge in [-0.1, -0.05) is 46.3 Å². The highest BCUT2D eigenvalue weighted by Crippen LogP contribution is 2.50. The van der Waals surface area contributed by atoms with E-state index in [1.54, 1.807) is 0 Å². The van der Waals surface area contributed by atoms with Crippen LogP contribution in [0.4, 0.5) is 0 Å². The maximum atomic E-state index is 11.7. The predicted molar refractivity (Wildman–Crippen MR) is 70.4 cm³/mol. The predicted octanol–water partition coefficient (Wildman–Crippen LogP) is 3.94. The number of hydrogen-bond acceptors (Lipinski definition) is 4. The molecule has 0 saturated heterocycles. The zero-order valence-electron chi connectivity index (χ0n) is 9.05. The first-order valence-electron chi connectivity index (χ1n) is 4.99. The normalized spacial score (nSPS) is 14.5. The van der Waals surface area contributed by atoms with Crippen molar-refractivity contribution in [1.82, 2.24) is 0 Å². The Morgan fingerprint density at radius 2 is 1.82 bits per heavy atom. The van der Waals surface area contributed by atoms with Gasteiger partial charge in [0, 0.05) is 5.33 Å². The smallest absolute Gasteiger partial charge is 0.286 e. The van der Waals surface area contributed by atoms with Crippen LogP contribution in [0.5, 0.6) is 0 Å². The molecule has 17 heavy (non-hydrogen) atoms. The summed E-state index contributed by atoms with van der Waals surface area (Å²) in [5.41, 5.74) is 1.08. The Morgan fingerprint density at radius 1 is 1.18 bits per heavy atom. The number of hydrogen-bond donors (Lipinski definition) is 0. The molecule has 0 aliphatic heterocycles. The molecule has 0 aromatic heterocycles. The van der Waals surface area contributed by atoms with Crippen LogP contribution >= 0.6 is 35.6 Å². The second-order valence-electron chi connectivity index (χ2n) is 3.11. The van der Waals surface area contributed by atoms with Gasteiger partial charge >= 0.3 is 7.82 Å². The lowest BCUT2D eigenvalue weighted by Crippen LogP contribution is -2.02. The SMILES string of the molecule is O=P(OCl)(OCCBr)OCCc1ccccc1. The first kappa shape index (κ1) is 15.2. The van der Waals surface area contributed by atoms with Gasteiger partial charge < -0.3 is 0 Å². The van der Waals surface area contributed by atoms with E-state index in [2.05, 4.69) is 20.0 Å². The van der Waals surface area contributed by atoms with E-state index in [1.807, 2.05) is 30.3 Å². The summed E-state index contributed by atoms with van der Waals surface area (Å²) in [7, 11) is -3.62. The first-order chi connectivity index (χ1) is 8.20. The average molecular weight is 344 g/mol. The van der Waals surface area contributed by atoms with Crippen molar-refractivity contribution < 1.29 is 17.7 Å². The summed E-state index contributed by atoms with van der Waals surface area (Å²) in [6.45, 7) is 0.422. The van der Waals surface area contributed by atoms with E-state index in [0.717, 1.165) is 5.56 Å². The van der Waals surface area contributed by atoms with Crippen molar-refractivity contribution in [3.63, 3.8) is 0 Å². The summed E-state index contributed by atoms with van der Waals surface area (Å²) < 4.78 is 25.9. The van der Waals surface area contributed by atoms with E-state index in [4.69, 9.17) is 20.9 Å². The van der Waals surface area contributed by atoms with Gasteiger partial charge in [0.05, 0.1) is 25.1 Å². The van der Waals surface area contributed by atoms with E-state index >= 15 is 0 Å². The molecule has 0 amide bonds. The molecule has 0 radical (unpaired) electrons. The summed E-state index contributed by atoms with van der Waals surface area (Å²) in [6.07, 6.45) is 0.614. The van der Waals surface area contributed by atoms with Crippen LogP contribution in [0.15, 0.2) is 30.3 Å². The number of alkyl halides is 1. The minimum Gasteiger partial charge on any atom is -0.286 e. The van der Waals surface area contributed by atoms with Gasteiger partial charge in [-0.25, -0.2) is 4.57 Å². The molecule has 1 rings (SSSR count). The van der Waals surface area contributed by atoms with E-state index in [0.29, 0.717) is 11.8 Å². The van der Waals surface area contributed by atoms with Crippen molar-refractivity contribution in [3.8, 4) is 0 Å². The van der Waals surface area contributed by atoms with Crippen LogP contribution in [0.1, 0.15) is 5.56 Å². The lowest BCUT2D eigenvalue weighted by molar-refractivity contribution is 0.168. The highest BCUT2D eigenvalue weighted by Gasteiger charge is 2.26. The summed E-state index contributed by atoms with van der Waals surface area (Å²) in [5, 5.41) is 0.527. The fourth-order valence-corrected chi connectivity index (χ4v) is 2.58. The van der Waals surface area contributed by atoms with Crippen molar-refractivity contribution in [2.45, 2.75) is 6.42 Å². The van der Waals surface area contributed by atoms with Crippen LogP contribution in [-0.2, 0) is 24.1 Å². The van der Waals surface area contributed by atoms with Crippen LogP contribution in [0.25, 0.3) is 0 Å². The molecule has 4 nitrogen and oxygen atoms in total. The standard InChI is InChI=1S/C10H13BrClO4P/c11-7-9-15-17(13,16-12)14-8-6-10-4-2-1-3-5-10/h1-5H,6-9H2. The monoisotopic (exact) mass is 342 g/mol. The Balaban J connectivity index is 2.35. The quantitative estimate of drug-likeness (QED) is 0.530. The van der Waals surface area contributed by atoms with Crippen LogP contribution in [0, 0.1) is 0 Å². The Hall–Kier alpha value is 0.1000. The summed E-state index contributed by atoms with van der Waals surface area (Å²) in [5.74, 6) is 0. The Morgan fingerprint density at radius 3 is 2.41 bits per heavy atom. The molecule has 0 aliphatic carbocycles.